The van der Waals surface area contributed by atoms with Gasteiger partial charge in [-0.2, -0.15) is 0 Å². The Kier molecular flexibility index (Phi) is 7.34. The highest BCUT2D eigenvalue weighted by atomic mass is 16.5. The van der Waals surface area contributed by atoms with Gasteiger partial charge in [0.05, 0.1) is 18.9 Å². The Morgan fingerprint density at radius 1 is 1.22 bits per heavy atom. The summed E-state index contributed by atoms with van der Waals surface area (Å²) in [5.74, 6) is 1.86. The Hall–Kier alpha value is -2.27. The van der Waals surface area contributed by atoms with E-state index in [9.17, 15) is 4.79 Å². The van der Waals surface area contributed by atoms with E-state index in [1.54, 1.807) is 6.26 Å². The molecular formula is C22H30N2O3. The lowest BCUT2D eigenvalue weighted by atomic mass is 10.1. The monoisotopic (exact) mass is 370 g/mol. The summed E-state index contributed by atoms with van der Waals surface area (Å²) >= 11 is 0. The van der Waals surface area contributed by atoms with Crippen LogP contribution in [0.15, 0.2) is 47.1 Å². The lowest BCUT2D eigenvalue weighted by molar-refractivity contribution is -0.121. The normalized spacial score (nSPS) is 16.0. The van der Waals surface area contributed by atoms with Crippen LogP contribution in [0.5, 0.6) is 5.75 Å². The minimum absolute atomic E-state index is 0.0661. The number of hydrogen-bond acceptors (Lipinski definition) is 4. The Morgan fingerprint density at radius 3 is 2.81 bits per heavy atom. The van der Waals surface area contributed by atoms with Gasteiger partial charge in [0.15, 0.2) is 0 Å². The summed E-state index contributed by atoms with van der Waals surface area (Å²) in [6.45, 7) is 5.30. The van der Waals surface area contributed by atoms with Crippen molar-refractivity contribution in [1.82, 2.24) is 10.2 Å². The topological polar surface area (TPSA) is 54.7 Å². The molecule has 1 fully saturated rings. The van der Waals surface area contributed by atoms with Crippen LogP contribution in [0.3, 0.4) is 0 Å². The van der Waals surface area contributed by atoms with Gasteiger partial charge in [0.2, 0.25) is 5.91 Å². The maximum Gasteiger partial charge on any atom is 0.220 e. The van der Waals surface area contributed by atoms with Gasteiger partial charge >= 0.3 is 0 Å². The molecule has 146 valence electrons. The molecule has 1 aliphatic heterocycles. The summed E-state index contributed by atoms with van der Waals surface area (Å²) in [6.07, 6.45) is 6.58. The van der Waals surface area contributed by atoms with Gasteiger partial charge in [-0.05, 0) is 69.1 Å². The molecule has 1 amide bonds. The summed E-state index contributed by atoms with van der Waals surface area (Å²) in [4.78, 5) is 14.7. The quantitative estimate of drug-likeness (QED) is 0.676. The first-order valence-electron chi connectivity index (χ1n) is 9.96. The van der Waals surface area contributed by atoms with E-state index in [2.05, 4.69) is 10.2 Å². The minimum Gasteiger partial charge on any atom is -0.494 e. The van der Waals surface area contributed by atoms with Crippen molar-refractivity contribution in [2.45, 2.75) is 45.1 Å². The molecule has 1 atom stereocenters. The fraction of sp³-hybridized carbons (Fsp3) is 0.500. The first-order valence-corrected chi connectivity index (χ1v) is 9.96. The van der Waals surface area contributed by atoms with Crippen molar-refractivity contribution in [1.29, 1.82) is 0 Å². The van der Waals surface area contributed by atoms with Gasteiger partial charge in [0.25, 0.3) is 0 Å². The number of carbonyl (C=O) groups excluding carboxylic acids is 1. The van der Waals surface area contributed by atoms with Crippen molar-refractivity contribution in [2.24, 2.45) is 0 Å². The number of benzene rings is 1. The third-order valence-corrected chi connectivity index (χ3v) is 5.00. The van der Waals surface area contributed by atoms with Crippen molar-refractivity contribution < 1.29 is 13.9 Å². The zero-order chi connectivity index (χ0) is 18.9. The van der Waals surface area contributed by atoms with Crippen LogP contribution in [-0.2, 0) is 4.79 Å². The largest absolute Gasteiger partial charge is 0.494 e. The van der Waals surface area contributed by atoms with E-state index in [1.807, 2.05) is 43.3 Å². The predicted molar refractivity (Wildman–Crippen MR) is 106 cm³/mol. The Labute approximate surface area is 161 Å². The van der Waals surface area contributed by atoms with E-state index in [4.69, 9.17) is 9.15 Å². The molecule has 5 heteroatoms. The minimum atomic E-state index is 0.0661. The Balaban J connectivity index is 1.41. The predicted octanol–water partition coefficient (Wildman–Crippen LogP) is 4.09. The highest BCUT2D eigenvalue weighted by Gasteiger charge is 2.24. The van der Waals surface area contributed by atoms with Crippen LogP contribution < -0.4 is 10.1 Å². The van der Waals surface area contributed by atoms with Crippen LogP contribution in [0.2, 0.25) is 0 Å². The molecule has 3 rings (SSSR count). The van der Waals surface area contributed by atoms with E-state index in [1.165, 1.54) is 24.8 Å². The van der Waals surface area contributed by atoms with Gasteiger partial charge in [0.1, 0.15) is 11.5 Å². The second-order valence-electron chi connectivity index (χ2n) is 7.20. The second-order valence-corrected chi connectivity index (χ2v) is 7.20. The lowest BCUT2D eigenvalue weighted by Gasteiger charge is -2.33. The molecule has 5 nitrogen and oxygen atoms in total. The van der Waals surface area contributed by atoms with Crippen LogP contribution in [0.25, 0.3) is 0 Å². The number of piperidine rings is 1. The number of furan rings is 1. The SMILES string of the molecule is Cc1cccc(OCCCC(=O)NCC(c2ccco2)N2CCCCC2)c1. The first kappa shape index (κ1) is 19.5. The standard InChI is InChI=1S/C22H30N2O3/c1-18-8-5-9-19(16-18)26-14-7-11-22(25)23-17-20(21-10-6-15-27-21)24-12-3-2-4-13-24/h5-6,8-10,15-16,20H,2-4,7,11-14,17H2,1H3,(H,23,25). The third kappa shape index (κ3) is 6.14. The zero-order valence-corrected chi connectivity index (χ0v) is 16.2. The molecule has 2 aromatic rings. The first-order chi connectivity index (χ1) is 13.2. The number of amides is 1. The van der Waals surface area contributed by atoms with Gasteiger partial charge in [-0.15, -0.1) is 0 Å². The van der Waals surface area contributed by atoms with E-state index in [0.29, 0.717) is 26.0 Å². The summed E-state index contributed by atoms with van der Waals surface area (Å²) in [6, 6.07) is 12.0. The van der Waals surface area contributed by atoms with Crippen molar-refractivity contribution in [2.75, 3.05) is 26.2 Å². The van der Waals surface area contributed by atoms with Gasteiger partial charge in [-0.25, -0.2) is 0 Å². The number of ether oxygens (including phenoxy) is 1. The van der Waals surface area contributed by atoms with Crippen LogP contribution in [0.1, 0.15) is 49.5 Å². The molecule has 0 aliphatic carbocycles. The third-order valence-electron chi connectivity index (χ3n) is 5.00. The second kappa shape index (κ2) is 10.2. The smallest absolute Gasteiger partial charge is 0.220 e. The highest BCUT2D eigenvalue weighted by Crippen LogP contribution is 2.24. The van der Waals surface area contributed by atoms with E-state index < -0.39 is 0 Å². The molecule has 1 unspecified atom stereocenters. The van der Waals surface area contributed by atoms with Gasteiger partial charge in [-0.3, -0.25) is 9.69 Å². The summed E-state index contributed by atoms with van der Waals surface area (Å²) in [7, 11) is 0. The zero-order valence-electron chi connectivity index (χ0n) is 16.2. The average Bonchev–Trinajstić information content (AvgIpc) is 3.21. The van der Waals surface area contributed by atoms with Crippen molar-refractivity contribution >= 4 is 5.91 Å². The van der Waals surface area contributed by atoms with E-state index in [0.717, 1.165) is 24.6 Å². The molecule has 1 aromatic heterocycles. The molecule has 1 N–H and O–H groups in total. The van der Waals surface area contributed by atoms with Crippen LogP contribution in [-0.4, -0.2) is 37.0 Å². The molecule has 2 heterocycles. The van der Waals surface area contributed by atoms with Crippen LogP contribution in [0, 0.1) is 6.92 Å². The number of nitrogens with zero attached hydrogens (tertiary/aromatic N) is 1. The number of likely N-dealkylation sites (tertiary alicyclic amines) is 1. The number of nitrogens with one attached hydrogen (secondary N) is 1. The number of aryl methyl sites for hydroxylation is 1. The number of hydrogen-bond donors (Lipinski definition) is 1. The maximum absolute atomic E-state index is 12.2. The van der Waals surface area contributed by atoms with E-state index >= 15 is 0 Å². The summed E-state index contributed by atoms with van der Waals surface area (Å²) < 4.78 is 11.3. The average molecular weight is 370 g/mol. The molecule has 27 heavy (non-hydrogen) atoms. The van der Waals surface area contributed by atoms with Crippen molar-refractivity contribution in [3.05, 3.63) is 54.0 Å². The fourth-order valence-electron chi connectivity index (χ4n) is 3.55. The summed E-state index contributed by atoms with van der Waals surface area (Å²) in [5.41, 5.74) is 1.17. The summed E-state index contributed by atoms with van der Waals surface area (Å²) in [5, 5.41) is 3.08. The molecule has 1 aliphatic rings. The van der Waals surface area contributed by atoms with Gasteiger partial charge < -0.3 is 14.5 Å². The molecular weight excluding hydrogens is 340 g/mol. The Morgan fingerprint density at radius 2 is 2.07 bits per heavy atom. The van der Waals surface area contributed by atoms with Gasteiger partial charge in [0, 0.05) is 13.0 Å². The fourth-order valence-corrected chi connectivity index (χ4v) is 3.55. The molecule has 1 aromatic carbocycles. The molecule has 0 radical (unpaired) electrons. The molecule has 1 saturated heterocycles. The number of rotatable bonds is 9. The van der Waals surface area contributed by atoms with Gasteiger partial charge in [-0.1, -0.05) is 18.6 Å². The lowest BCUT2D eigenvalue weighted by Crippen LogP contribution is -2.40. The maximum atomic E-state index is 12.2. The molecule has 0 spiro atoms. The van der Waals surface area contributed by atoms with Crippen LogP contribution in [0.4, 0.5) is 0 Å². The molecule has 0 bridgehead atoms. The van der Waals surface area contributed by atoms with Crippen LogP contribution >= 0.6 is 0 Å². The van der Waals surface area contributed by atoms with Crippen molar-refractivity contribution in [3.8, 4) is 5.75 Å². The molecule has 0 saturated carbocycles. The highest BCUT2D eigenvalue weighted by molar-refractivity contribution is 5.75. The Bertz CT molecular complexity index is 693. The van der Waals surface area contributed by atoms with Crippen molar-refractivity contribution in [3.63, 3.8) is 0 Å². The van der Waals surface area contributed by atoms with E-state index in [-0.39, 0.29) is 11.9 Å². The number of carbonyl (C=O) groups is 1.